The van der Waals surface area contributed by atoms with E-state index in [-0.39, 0.29) is 5.91 Å². The first kappa shape index (κ1) is 14.1. The molecule has 1 aromatic carbocycles. The number of pyridine rings is 1. The summed E-state index contributed by atoms with van der Waals surface area (Å²) in [7, 11) is 0. The zero-order valence-corrected chi connectivity index (χ0v) is 12.2. The molecule has 0 saturated carbocycles. The molecule has 1 amide bonds. The molecule has 0 atom stereocenters. The fraction of sp³-hybridized carbons (Fsp3) is 0.111. The van der Waals surface area contributed by atoms with Crippen molar-refractivity contribution in [3.63, 3.8) is 0 Å². The van der Waals surface area contributed by atoms with Crippen LogP contribution < -0.4 is 0 Å². The summed E-state index contributed by atoms with van der Waals surface area (Å²) in [6.07, 6.45) is 3.57. The van der Waals surface area contributed by atoms with Crippen LogP contribution in [0.25, 0.3) is 5.52 Å². The molecule has 4 heteroatoms. The molecular weight excluding hydrogens is 274 g/mol. The molecule has 22 heavy (non-hydrogen) atoms. The summed E-state index contributed by atoms with van der Waals surface area (Å²) in [5.74, 6) is -0.0903. The van der Waals surface area contributed by atoms with Crippen LogP contribution in [0.5, 0.6) is 0 Å². The van der Waals surface area contributed by atoms with E-state index in [0.717, 1.165) is 11.1 Å². The number of rotatable bonds is 5. The molecule has 2 heterocycles. The van der Waals surface area contributed by atoms with Gasteiger partial charge in [0.05, 0.1) is 5.52 Å². The highest BCUT2D eigenvalue weighted by molar-refractivity contribution is 5.93. The molecule has 2 aromatic heterocycles. The summed E-state index contributed by atoms with van der Waals surface area (Å²) >= 11 is 0. The van der Waals surface area contributed by atoms with Gasteiger partial charge in [0.15, 0.2) is 5.69 Å². The topological polar surface area (TPSA) is 37.6 Å². The molecule has 0 unspecified atom stereocenters. The van der Waals surface area contributed by atoms with Crippen LogP contribution in [0.4, 0.5) is 0 Å². The lowest BCUT2D eigenvalue weighted by Crippen LogP contribution is -2.31. The van der Waals surface area contributed by atoms with E-state index in [1.54, 1.807) is 15.5 Å². The molecule has 0 aliphatic rings. The molecule has 0 radical (unpaired) electrons. The number of fused-ring (bicyclic) bond motifs is 1. The van der Waals surface area contributed by atoms with Crippen molar-refractivity contribution < 1.29 is 4.79 Å². The second kappa shape index (κ2) is 6.26. The van der Waals surface area contributed by atoms with Crippen molar-refractivity contribution in [1.82, 2.24) is 14.5 Å². The van der Waals surface area contributed by atoms with Crippen LogP contribution in [0.15, 0.2) is 73.4 Å². The molecule has 110 valence electrons. The zero-order chi connectivity index (χ0) is 15.4. The van der Waals surface area contributed by atoms with Crippen LogP contribution in [-0.2, 0) is 6.54 Å². The molecule has 0 N–H and O–H groups in total. The summed E-state index contributed by atoms with van der Waals surface area (Å²) in [6, 6.07) is 17.5. The largest absolute Gasteiger partial charge is 0.329 e. The third kappa shape index (κ3) is 2.91. The minimum Gasteiger partial charge on any atom is -0.329 e. The van der Waals surface area contributed by atoms with Gasteiger partial charge < -0.3 is 4.90 Å². The minimum absolute atomic E-state index is 0.0903. The molecule has 4 nitrogen and oxygen atoms in total. The fourth-order valence-electron chi connectivity index (χ4n) is 2.38. The summed E-state index contributed by atoms with van der Waals surface area (Å²) in [5.41, 5.74) is 2.44. The van der Waals surface area contributed by atoms with Gasteiger partial charge in [-0.25, -0.2) is 4.52 Å². The summed E-state index contributed by atoms with van der Waals surface area (Å²) < 4.78 is 1.71. The molecular formula is C18H17N3O. The number of carbonyl (C=O) groups excluding carboxylic acids is 1. The highest BCUT2D eigenvalue weighted by Gasteiger charge is 2.18. The van der Waals surface area contributed by atoms with Crippen LogP contribution in [-0.4, -0.2) is 27.0 Å². The van der Waals surface area contributed by atoms with Gasteiger partial charge in [0.25, 0.3) is 5.91 Å². The van der Waals surface area contributed by atoms with E-state index in [9.17, 15) is 4.79 Å². The fourth-order valence-corrected chi connectivity index (χ4v) is 2.38. The first-order valence-electron chi connectivity index (χ1n) is 7.16. The highest BCUT2D eigenvalue weighted by atomic mass is 16.2. The van der Waals surface area contributed by atoms with Gasteiger partial charge in [-0.1, -0.05) is 42.5 Å². The van der Waals surface area contributed by atoms with E-state index in [1.807, 2.05) is 60.8 Å². The van der Waals surface area contributed by atoms with Gasteiger partial charge in [0.1, 0.15) is 0 Å². The van der Waals surface area contributed by atoms with Gasteiger partial charge in [0.2, 0.25) is 0 Å². The molecule has 3 aromatic rings. The van der Waals surface area contributed by atoms with E-state index in [1.165, 1.54) is 0 Å². The Morgan fingerprint density at radius 3 is 2.68 bits per heavy atom. The number of carbonyl (C=O) groups is 1. The van der Waals surface area contributed by atoms with E-state index < -0.39 is 0 Å². The van der Waals surface area contributed by atoms with E-state index in [0.29, 0.717) is 18.8 Å². The Balaban J connectivity index is 1.87. The number of benzene rings is 1. The van der Waals surface area contributed by atoms with E-state index in [2.05, 4.69) is 11.7 Å². The molecule has 0 fully saturated rings. The van der Waals surface area contributed by atoms with Gasteiger partial charge in [-0.15, -0.1) is 6.58 Å². The lowest BCUT2D eigenvalue weighted by molar-refractivity contribution is 0.0756. The van der Waals surface area contributed by atoms with Crippen molar-refractivity contribution in [3.8, 4) is 0 Å². The number of aromatic nitrogens is 2. The van der Waals surface area contributed by atoms with Gasteiger partial charge in [-0.2, -0.15) is 5.10 Å². The predicted octanol–water partition coefficient (Wildman–Crippen LogP) is 3.16. The molecule has 3 rings (SSSR count). The van der Waals surface area contributed by atoms with Crippen molar-refractivity contribution in [1.29, 1.82) is 0 Å². The SMILES string of the molecule is C=CCN(Cc1ccccc1)C(=O)c1cc2ccccn2n1. The molecule has 0 aliphatic carbocycles. The van der Waals surface area contributed by atoms with Crippen LogP contribution >= 0.6 is 0 Å². The van der Waals surface area contributed by atoms with Gasteiger partial charge in [-0.3, -0.25) is 4.79 Å². The summed E-state index contributed by atoms with van der Waals surface area (Å²) in [4.78, 5) is 14.5. The van der Waals surface area contributed by atoms with Gasteiger partial charge >= 0.3 is 0 Å². The lowest BCUT2D eigenvalue weighted by Gasteiger charge is -2.20. The molecule has 0 aliphatic heterocycles. The first-order chi connectivity index (χ1) is 10.8. The smallest absolute Gasteiger partial charge is 0.274 e. The number of nitrogens with zero attached hydrogens (tertiary/aromatic N) is 3. The Morgan fingerprint density at radius 2 is 1.95 bits per heavy atom. The highest BCUT2D eigenvalue weighted by Crippen LogP contribution is 2.12. The Hall–Kier alpha value is -2.88. The number of amides is 1. The van der Waals surface area contributed by atoms with E-state index in [4.69, 9.17) is 0 Å². The quantitative estimate of drug-likeness (QED) is 0.677. The average Bonchev–Trinajstić information content (AvgIpc) is 2.99. The van der Waals surface area contributed by atoms with Gasteiger partial charge in [0, 0.05) is 19.3 Å². The maximum absolute atomic E-state index is 12.7. The lowest BCUT2D eigenvalue weighted by atomic mass is 10.2. The van der Waals surface area contributed by atoms with Crippen molar-refractivity contribution in [2.75, 3.05) is 6.54 Å². The minimum atomic E-state index is -0.0903. The third-order valence-electron chi connectivity index (χ3n) is 3.44. The predicted molar refractivity (Wildman–Crippen MR) is 86.6 cm³/mol. The van der Waals surface area contributed by atoms with Crippen LogP contribution in [0.3, 0.4) is 0 Å². The Labute approximate surface area is 129 Å². The van der Waals surface area contributed by atoms with Crippen molar-refractivity contribution >= 4 is 11.4 Å². The van der Waals surface area contributed by atoms with E-state index >= 15 is 0 Å². The maximum atomic E-state index is 12.7. The van der Waals surface area contributed by atoms with Crippen molar-refractivity contribution in [2.24, 2.45) is 0 Å². The number of hydrogen-bond acceptors (Lipinski definition) is 2. The van der Waals surface area contributed by atoms with Crippen molar-refractivity contribution in [2.45, 2.75) is 6.54 Å². The normalized spacial score (nSPS) is 10.5. The molecule has 0 saturated heterocycles. The second-order valence-electron chi connectivity index (χ2n) is 5.06. The van der Waals surface area contributed by atoms with Crippen LogP contribution in [0.2, 0.25) is 0 Å². The maximum Gasteiger partial charge on any atom is 0.274 e. The molecule has 0 bridgehead atoms. The first-order valence-corrected chi connectivity index (χ1v) is 7.16. The standard InChI is InChI=1S/C18H17N3O/c1-2-11-20(14-15-8-4-3-5-9-15)18(22)17-13-16-10-6-7-12-21(16)19-17/h2-10,12-13H,1,11,14H2. The molecule has 0 spiro atoms. The monoisotopic (exact) mass is 291 g/mol. The van der Waals surface area contributed by atoms with Crippen molar-refractivity contribution in [3.05, 3.63) is 84.7 Å². The summed E-state index contributed by atoms with van der Waals surface area (Å²) in [6.45, 7) is 4.77. The average molecular weight is 291 g/mol. The number of hydrogen-bond donors (Lipinski definition) is 0. The van der Waals surface area contributed by atoms with Gasteiger partial charge in [-0.05, 0) is 23.8 Å². The van der Waals surface area contributed by atoms with Crippen LogP contribution in [0.1, 0.15) is 16.1 Å². The zero-order valence-electron chi connectivity index (χ0n) is 12.2. The Morgan fingerprint density at radius 1 is 1.18 bits per heavy atom. The Kier molecular flexibility index (Phi) is 4.01. The Bertz CT molecular complexity index is 759. The van der Waals surface area contributed by atoms with Crippen LogP contribution in [0, 0.1) is 0 Å². The second-order valence-corrected chi connectivity index (χ2v) is 5.06. The summed E-state index contributed by atoms with van der Waals surface area (Å²) in [5, 5.41) is 4.35. The third-order valence-corrected chi connectivity index (χ3v) is 3.44.